The molecule has 13 heteroatoms. The summed E-state index contributed by atoms with van der Waals surface area (Å²) < 4.78 is 42.9. The van der Waals surface area contributed by atoms with Gasteiger partial charge in [0.05, 0.1) is 12.1 Å². The van der Waals surface area contributed by atoms with E-state index in [0.717, 1.165) is 0 Å². The molecule has 2 amide bonds. The van der Waals surface area contributed by atoms with Crippen LogP contribution in [0.2, 0.25) is 0 Å². The van der Waals surface area contributed by atoms with Gasteiger partial charge >= 0.3 is 5.69 Å². The molecule has 7 rings (SSSR count). The largest absolute Gasteiger partial charge is 0.369 e. The van der Waals surface area contributed by atoms with E-state index >= 15 is 0 Å². The number of fused-ring (bicyclic) bond motifs is 1. The van der Waals surface area contributed by atoms with Crippen LogP contribution >= 0.6 is 0 Å². The molecule has 0 atom stereocenters. The highest BCUT2D eigenvalue weighted by Gasteiger charge is 2.50. The average Bonchev–Trinajstić information content (AvgIpc) is 3.53. The summed E-state index contributed by atoms with van der Waals surface area (Å²) >= 11 is 0. The second-order valence-corrected chi connectivity index (χ2v) is 11.6. The van der Waals surface area contributed by atoms with Crippen molar-refractivity contribution in [3.63, 3.8) is 0 Å². The number of hydrogen-bond acceptors (Lipinski definition) is 6. The Morgan fingerprint density at radius 3 is 2.17 bits per heavy atom. The zero-order valence-corrected chi connectivity index (χ0v) is 24.9. The molecule has 0 unspecified atom stereocenters. The van der Waals surface area contributed by atoms with Crippen molar-refractivity contribution < 1.29 is 22.8 Å². The second-order valence-electron chi connectivity index (χ2n) is 11.6. The van der Waals surface area contributed by atoms with Crippen LogP contribution in [0.3, 0.4) is 0 Å². The van der Waals surface area contributed by atoms with Crippen LogP contribution in [0.4, 0.5) is 13.2 Å². The number of rotatable bonds is 6. The SMILES string of the molecule is NC1=NC(c2ccc(F)cc2)(c2ccc(F)cc2)C(=O)N1Cc1cccc(C(=O)N2CCC(n3c(=O)[nH]c4ccc(F)nc43)CC2)c1. The number of aromatic nitrogens is 3. The monoisotopic (exact) mass is 639 g/mol. The number of guanidine groups is 1. The Hall–Kier alpha value is -5.72. The minimum absolute atomic E-state index is 0.00542. The lowest BCUT2D eigenvalue weighted by Crippen LogP contribution is -2.43. The van der Waals surface area contributed by atoms with Gasteiger partial charge in [-0.1, -0.05) is 36.4 Å². The lowest BCUT2D eigenvalue weighted by molar-refractivity contribution is -0.130. The number of benzene rings is 3. The third-order valence-corrected chi connectivity index (χ3v) is 8.80. The maximum absolute atomic E-state index is 14.1. The molecule has 2 aliphatic rings. The van der Waals surface area contributed by atoms with Gasteiger partial charge in [0.25, 0.3) is 11.8 Å². The van der Waals surface area contributed by atoms with Gasteiger partial charge in [0.15, 0.2) is 17.1 Å². The van der Waals surface area contributed by atoms with E-state index in [1.807, 2.05) is 0 Å². The smallest absolute Gasteiger partial charge is 0.327 e. The maximum atomic E-state index is 14.1. The molecule has 3 N–H and O–H groups in total. The van der Waals surface area contributed by atoms with Gasteiger partial charge in [-0.3, -0.25) is 19.1 Å². The molecule has 47 heavy (non-hydrogen) atoms. The predicted molar refractivity (Wildman–Crippen MR) is 167 cm³/mol. The van der Waals surface area contributed by atoms with Gasteiger partial charge in [0.1, 0.15) is 11.6 Å². The Morgan fingerprint density at radius 1 is 0.894 bits per heavy atom. The first-order valence-corrected chi connectivity index (χ1v) is 15.0. The van der Waals surface area contributed by atoms with Gasteiger partial charge in [0, 0.05) is 24.7 Å². The van der Waals surface area contributed by atoms with Gasteiger partial charge in [-0.05, 0) is 78.1 Å². The van der Waals surface area contributed by atoms with Crippen LogP contribution in [0.5, 0.6) is 0 Å². The number of H-pyrrole nitrogens is 1. The van der Waals surface area contributed by atoms with Crippen LogP contribution in [0, 0.1) is 17.6 Å². The Bertz CT molecular complexity index is 2050. The molecule has 5 aromatic rings. The molecule has 0 radical (unpaired) electrons. The van der Waals surface area contributed by atoms with Crippen LogP contribution < -0.4 is 11.4 Å². The van der Waals surface area contributed by atoms with Crippen molar-refractivity contribution >= 4 is 28.9 Å². The zero-order valence-electron chi connectivity index (χ0n) is 24.9. The first-order valence-electron chi connectivity index (χ1n) is 15.0. The van der Waals surface area contributed by atoms with E-state index in [-0.39, 0.29) is 35.8 Å². The van der Waals surface area contributed by atoms with E-state index in [4.69, 9.17) is 5.73 Å². The van der Waals surface area contributed by atoms with Crippen LogP contribution in [0.25, 0.3) is 11.2 Å². The van der Waals surface area contributed by atoms with Gasteiger partial charge in [-0.2, -0.15) is 9.37 Å². The molecule has 2 aromatic heterocycles. The summed E-state index contributed by atoms with van der Waals surface area (Å²) in [6.07, 6.45) is 0.946. The van der Waals surface area contributed by atoms with E-state index in [2.05, 4.69) is 15.0 Å². The molecule has 0 saturated carbocycles. The minimum Gasteiger partial charge on any atom is -0.369 e. The number of amides is 2. The van der Waals surface area contributed by atoms with Crippen molar-refractivity contribution in [2.75, 3.05) is 13.1 Å². The summed E-state index contributed by atoms with van der Waals surface area (Å²) in [7, 11) is 0. The number of pyridine rings is 1. The normalized spacial score (nSPS) is 16.6. The van der Waals surface area contributed by atoms with Crippen LogP contribution in [0.1, 0.15) is 45.9 Å². The van der Waals surface area contributed by atoms with E-state index < -0.39 is 29.0 Å². The number of carbonyl (C=O) groups excluding carboxylic acids is 2. The van der Waals surface area contributed by atoms with Crippen LogP contribution in [-0.4, -0.2) is 55.2 Å². The van der Waals surface area contributed by atoms with Crippen LogP contribution in [-0.2, 0) is 16.9 Å². The molecule has 0 spiro atoms. The Morgan fingerprint density at radius 2 is 1.53 bits per heavy atom. The molecule has 0 bridgehead atoms. The summed E-state index contributed by atoms with van der Waals surface area (Å²) in [5.41, 5.74) is 6.73. The number of piperidine rings is 1. The predicted octanol–water partition coefficient (Wildman–Crippen LogP) is 4.22. The fourth-order valence-corrected chi connectivity index (χ4v) is 6.47. The molecular formula is C34H28F3N7O3. The minimum atomic E-state index is -1.66. The lowest BCUT2D eigenvalue weighted by atomic mass is 9.82. The highest BCUT2D eigenvalue weighted by Crippen LogP contribution is 2.40. The molecule has 3 aromatic carbocycles. The van der Waals surface area contributed by atoms with E-state index in [1.54, 1.807) is 29.2 Å². The van der Waals surface area contributed by atoms with E-state index in [1.165, 1.54) is 70.1 Å². The van der Waals surface area contributed by atoms with Crippen molar-refractivity contribution in [3.05, 3.63) is 135 Å². The number of aliphatic imine (C=N–C) groups is 1. The fraction of sp³-hybridized carbons (Fsp3) is 0.206. The van der Waals surface area contributed by atoms with Gasteiger partial charge in [0.2, 0.25) is 5.95 Å². The number of nitrogens with one attached hydrogen (secondary N) is 1. The average molecular weight is 640 g/mol. The number of halogens is 3. The number of hydrogen-bond donors (Lipinski definition) is 2. The molecule has 238 valence electrons. The quantitative estimate of drug-likeness (QED) is 0.269. The van der Waals surface area contributed by atoms with E-state index in [9.17, 15) is 27.6 Å². The van der Waals surface area contributed by atoms with Gasteiger partial charge in [-0.25, -0.2) is 18.6 Å². The molecule has 0 aliphatic carbocycles. The first kappa shape index (κ1) is 30.0. The summed E-state index contributed by atoms with van der Waals surface area (Å²) in [6, 6.07) is 19.9. The Balaban J connectivity index is 1.09. The third-order valence-electron chi connectivity index (χ3n) is 8.80. The summed E-state index contributed by atoms with van der Waals surface area (Å²) in [5.74, 6) is -2.47. The standard InChI is InChI=1S/C34H28F3N7O3/c35-24-8-4-22(5-9-24)34(23-6-10-25(36)11-7-23)31(46)43(32(38)41-34)19-20-2-1-3-21(18-20)30(45)42-16-14-26(15-17-42)44-29-27(39-33(44)47)12-13-28(37)40-29/h1-13,18,26H,14-17,19H2,(H2,38,41)(H,39,47). The number of aromatic amines is 1. The highest BCUT2D eigenvalue weighted by atomic mass is 19.1. The van der Waals surface area contributed by atoms with Crippen molar-refractivity contribution in [2.45, 2.75) is 31.0 Å². The molecule has 10 nitrogen and oxygen atoms in total. The van der Waals surface area contributed by atoms with Crippen molar-refractivity contribution in [3.8, 4) is 0 Å². The fourth-order valence-electron chi connectivity index (χ4n) is 6.47. The molecule has 2 aliphatic heterocycles. The molecular weight excluding hydrogens is 611 g/mol. The number of nitrogens with zero attached hydrogens (tertiary/aromatic N) is 5. The maximum Gasteiger partial charge on any atom is 0.327 e. The second kappa shape index (κ2) is 11.6. The molecule has 4 heterocycles. The van der Waals surface area contributed by atoms with Crippen molar-refractivity contribution in [1.82, 2.24) is 24.3 Å². The van der Waals surface area contributed by atoms with Crippen molar-refractivity contribution in [1.29, 1.82) is 0 Å². The third kappa shape index (κ3) is 5.23. The zero-order chi connectivity index (χ0) is 32.9. The lowest BCUT2D eigenvalue weighted by Gasteiger charge is -2.32. The number of carbonyl (C=O) groups is 2. The number of likely N-dealkylation sites (tertiary alicyclic amines) is 1. The van der Waals surface area contributed by atoms with Crippen LogP contribution in [0.15, 0.2) is 94.7 Å². The van der Waals surface area contributed by atoms with Gasteiger partial charge < -0.3 is 15.6 Å². The molecule has 1 fully saturated rings. The summed E-state index contributed by atoms with van der Waals surface area (Å²) in [6.45, 7) is 0.725. The number of imidazole rings is 1. The van der Waals surface area contributed by atoms with E-state index in [0.29, 0.717) is 53.7 Å². The highest BCUT2D eigenvalue weighted by molar-refractivity contribution is 6.09. The topological polar surface area (TPSA) is 130 Å². The Labute approximate surface area is 266 Å². The van der Waals surface area contributed by atoms with Crippen molar-refractivity contribution in [2.24, 2.45) is 10.7 Å². The summed E-state index contributed by atoms with van der Waals surface area (Å²) in [5, 5.41) is 0. The Kier molecular flexibility index (Phi) is 7.38. The first-order chi connectivity index (χ1) is 22.6. The number of nitrogens with two attached hydrogens (primary N) is 1. The van der Waals surface area contributed by atoms with Gasteiger partial charge in [-0.15, -0.1) is 0 Å². The summed E-state index contributed by atoms with van der Waals surface area (Å²) in [4.78, 5) is 54.5. The molecule has 1 saturated heterocycles.